The van der Waals surface area contributed by atoms with E-state index in [2.05, 4.69) is 293 Å². The van der Waals surface area contributed by atoms with Crippen LogP contribution in [0.15, 0.2) is 346 Å². The minimum Gasteiger partial charge on any atom is -1.00 e. The van der Waals surface area contributed by atoms with Gasteiger partial charge in [0.05, 0.1) is 0 Å². The van der Waals surface area contributed by atoms with Crippen molar-refractivity contribution in [1.82, 2.24) is 0 Å². The first-order valence-electron chi connectivity index (χ1n) is 38.0. The molecule has 18 rings (SSSR count). The van der Waals surface area contributed by atoms with Gasteiger partial charge in [-0.05, 0) is 221 Å². The maximum absolute atomic E-state index is 12.1. The van der Waals surface area contributed by atoms with Crippen LogP contribution in [0.4, 0.5) is 0 Å². The summed E-state index contributed by atoms with van der Waals surface area (Å²) in [6.45, 7) is 11.5. The van der Waals surface area contributed by atoms with E-state index in [4.69, 9.17) is 11.3 Å². The third kappa shape index (κ3) is 21.2. The van der Waals surface area contributed by atoms with Crippen molar-refractivity contribution >= 4 is 95.4 Å². The molecule has 113 heavy (non-hydrogen) atoms. The van der Waals surface area contributed by atoms with Gasteiger partial charge >= 0.3 is 23.1 Å². The molecule has 6 aliphatic carbocycles. The SMILES string of the molecule is BrCCC=C1c2ccccc2Cc2ccccc21.BrCCC=C1c2ccccc2Cc2ccccc21.C=CCC1(O)c2ccccc2Cc2ccccc21.C=C[CH2-].Cl.NCCC=C1c2ccccc2Cc2ccccc21.O=C1c2ccccc2Cc2ccccc21.[Br-].[Mg+2].[N-]=[N+]=NCCC=C1c2ccccc2Cc2ccccc21. The van der Waals surface area contributed by atoms with Gasteiger partial charge in [-0.2, -0.15) is 0 Å². The van der Waals surface area contributed by atoms with Crippen molar-refractivity contribution in [2.45, 2.75) is 76.2 Å². The number of halogens is 4. The number of allylic oxidation sites excluding steroid dienone is 3. The molecule has 0 unspecified atom stereocenters. The van der Waals surface area contributed by atoms with Gasteiger partial charge in [0, 0.05) is 39.7 Å². The van der Waals surface area contributed by atoms with E-state index in [9.17, 15) is 9.90 Å². The van der Waals surface area contributed by atoms with Crippen molar-refractivity contribution < 1.29 is 26.9 Å². The van der Waals surface area contributed by atoms with E-state index in [1.165, 1.54) is 129 Å². The Balaban J connectivity index is 0.000000154. The van der Waals surface area contributed by atoms with E-state index < -0.39 is 5.60 Å². The summed E-state index contributed by atoms with van der Waals surface area (Å²) in [6, 6.07) is 101. The molecule has 0 amide bonds. The molecule has 0 radical (unpaired) electrons. The summed E-state index contributed by atoms with van der Waals surface area (Å²) in [5.74, 6) is 0.160. The number of nitrogens with two attached hydrogens (primary N) is 1. The van der Waals surface area contributed by atoms with Crippen LogP contribution in [0.25, 0.3) is 32.7 Å². The zero-order chi connectivity index (χ0) is 76.4. The van der Waals surface area contributed by atoms with Crippen molar-refractivity contribution in [1.29, 1.82) is 0 Å². The number of hydrogen-bond acceptors (Lipinski definition) is 4. The number of carbonyl (C=O) groups is 1. The monoisotopic (exact) mass is 1700 g/mol. The molecule has 0 atom stereocenters. The van der Waals surface area contributed by atoms with E-state index in [-0.39, 0.29) is 58.2 Å². The van der Waals surface area contributed by atoms with Crippen LogP contribution in [0.5, 0.6) is 0 Å². The second-order valence-corrected chi connectivity index (χ2v) is 29.3. The van der Waals surface area contributed by atoms with Crippen molar-refractivity contribution in [3.63, 3.8) is 0 Å². The Morgan fingerprint density at radius 3 is 0.850 bits per heavy atom. The molecule has 12 aromatic carbocycles. The summed E-state index contributed by atoms with van der Waals surface area (Å²) in [4.78, 5) is 14.9. The van der Waals surface area contributed by atoms with Crippen molar-refractivity contribution in [2.75, 3.05) is 23.7 Å². The molecule has 0 heterocycles. The first kappa shape index (κ1) is 87.3. The summed E-state index contributed by atoms with van der Waals surface area (Å²) in [6.07, 6.45) is 22.7. The standard InChI is InChI=1S/2C17H15Br.C17H15N3.C17H17N.C17H16O.C14H10O.C3H5.BrH.ClH.Mg/c2*18-11-5-10-17-15-8-3-1-6-13(15)12-14-7-2-4-9-16(14)17;18-20-19-11-5-10-17-15-8-3-1-6-13(15)12-14-7-2-4-9-16(14)17;18-11-5-10-17-15-8-3-1-6-13(15)12-14-7-2-4-9-16(14)17;1-2-11-17(18)15-9-5-3-7-13(15)12-14-8-4-6-10-16(14)17;15-14-12-7-3-1-5-10(12)9-11-6-2-4-8-13(11)14;1-3-2;;;/h2*1-4,6-10H,5,11-12H2;1-4,6-10H,5,11-12H2;1-4,6-10H,5,11-12,18H2;2-10,18H,1,11-12H2;1-8H,9H2;3H,1-2H2;2*1H;/q;;;;;;-1;;;+2/p-1. The molecule has 12 aromatic rings. The Labute approximate surface area is 718 Å². The zero-order valence-corrected chi connectivity index (χ0v) is 70.9. The van der Waals surface area contributed by atoms with Crippen LogP contribution in [0.2, 0.25) is 0 Å². The van der Waals surface area contributed by atoms with Gasteiger partial charge in [0.15, 0.2) is 5.78 Å². The Bertz CT molecular complexity index is 4900. The third-order valence-electron chi connectivity index (χ3n) is 20.7. The van der Waals surface area contributed by atoms with Gasteiger partial charge in [-0.1, -0.05) is 359 Å². The molecule has 3 N–H and O–H groups in total. The number of aliphatic hydroxyl groups is 1. The smallest absolute Gasteiger partial charge is 1.00 e. The van der Waals surface area contributed by atoms with Crippen LogP contribution < -0.4 is 22.7 Å². The number of fused-ring (bicyclic) bond motifs is 12. The number of nitrogens with zero attached hydrogens (tertiary/aromatic N) is 3. The molecule has 0 aliphatic heterocycles. The van der Waals surface area contributed by atoms with Crippen LogP contribution in [0.3, 0.4) is 0 Å². The predicted octanol–water partition coefficient (Wildman–Crippen LogP) is 22.0. The minimum atomic E-state index is -0.923. The van der Waals surface area contributed by atoms with E-state index in [1.807, 2.05) is 84.9 Å². The van der Waals surface area contributed by atoms with Gasteiger partial charge in [0.25, 0.3) is 0 Å². The van der Waals surface area contributed by atoms with Gasteiger partial charge in [-0.15, -0.1) is 19.0 Å². The second-order valence-electron chi connectivity index (χ2n) is 27.7. The van der Waals surface area contributed by atoms with Crippen LogP contribution in [0.1, 0.15) is 170 Å². The fraction of sp³-hybridized carbons (Fsp3) is 0.157. The van der Waals surface area contributed by atoms with Gasteiger partial charge in [0.1, 0.15) is 5.60 Å². The Morgan fingerprint density at radius 2 is 0.602 bits per heavy atom. The average molecular weight is 1710 g/mol. The number of hydrogen-bond donors (Lipinski definition) is 2. The van der Waals surface area contributed by atoms with E-state index >= 15 is 0 Å². The van der Waals surface area contributed by atoms with Crippen LogP contribution in [-0.4, -0.2) is 57.7 Å². The molecule has 6 aliphatic rings. The number of carbonyl (C=O) groups excluding carboxylic acids is 1. The molecule has 0 fully saturated rings. The summed E-state index contributed by atoms with van der Waals surface area (Å²) in [5.41, 5.74) is 49.2. The summed E-state index contributed by atoms with van der Waals surface area (Å²) >= 11 is 7.02. The van der Waals surface area contributed by atoms with Crippen molar-refractivity contribution in [2.24, 2.45) is 10.8 Å². The number of azide groups is 1. The number of ketones is 1. The quantitative estimate of drug-likeness (QED) is 0.0197. The molecule has 0 saturated heterocycles. The van der Waals surface area contributed by atoms with Crippen LogP contribution >= 0.6 is 44.3 Å². The van der Waals surface area contributed by atoms with E-state index in [1.54, 1.807) is 6.08 Å². The zero-order valence-electron chi connectivity index (χ0n) is 63.9. The van der Waals surface area contributed by atoms with Gasteiger partial charge in [-0.3, -0.25) is 4.79 Å². The average Bonchev–Trinajstić information content (AvgIpc) is 0.736. The van der Waals surface area contributed by atoms with E-state index in [0.717, 1.165) is 108 Å². The Hall–Kier alpha value is -9.65. The minimum absolute atomic E-state index is 0. The number of rotatable bonds is 11. The number of alkyl halides is 2. The van der Waals surface area contributed by atoms with E-state index in [0.29, 0.717) is 19.5 Å². The summed E-state index contributed by atoms with van der Waals surface area (Å²) in [5, 5.41) is 16.7. The predicted molar refractivity (Wildman–Crippen MR) is 481 cm³/mol. The van der Waals surface area contributed by atoms with Crippen LogP contribution in [0, 0.1) is 6.92 Å². The molecule has 564 valence electrons. The fourth-order valence-corrected chi connectivity index (χ4v) is 16.3. The molecule has 0 bridgehead atoms. The van der Waals surface area contributed by atoms with Crippen molar-refractivity contribution in [3.05, 3.63) is 492 Å². The molecule has 0 spiro atoms. The maximum Gasteiger partial charge on any atom is 2.00 e. The van der Waals surface area contributed by atoms with Gasteiger partial charge < -0.3 is 27.8 Å². The molecule has 11 heteroatoms. The Kier molecular flexibility index (Phi) is 34.1. The summed E-state index contributed by atoms with van der Waals surface area (Å²) < 4.78 is 0. The molecular formula is C102H94Br3ClMgN4O2. The summed E-state index contributed by atoms with van der Waals surface area (Å²) in [7, 11) is 0. The van der Waals surface area contributed by atoms with Crippen molar-refractivity contribution in [3.8, 4) is 0 Å². The molecule has 0 saturated carbocycles. The first-order chi connectivity index (χ1) is 54.1. The van der Waals surface area contributed by atoms with Gasteiger partial charge in [0.2, 0.25) is 0 Å². The fourth-order valence-electron chi connectivity index (χ4n) is 15.8. The van der Waals surface area contributed by atoms with Crippen LogP contribution in [-0.2, 0) is 44.1 Å². The maximum atomic E-state index is 12.1. The normalized spacial score (nSPS) is 12.6. The molecule has 6 nitrogen and oxygen atoms in total. The third-order valence-corrected chi connectivity index (χ3v) is 21.6. The second kappa shape index (κ2) is 44.1. The number of benzene rings is 12. The van der Waals surface area contributed by atoms with Gasteiger partial charge in [-0.25, -0.2) is 19.6 Å². The Morgan fingerprint density at radius 1 is 0.389 bits per heavy atom. The topological polar surface area (TPSA) is 112 Å². The first-order valence-corrected chi connectivity index (χ1v) is 40.3. The molecular weight excluding hydrogens is 1610 g/mol. The molecule has 0 aromatic heterocycles. The largest absolute Gasteiger partial charge is 2.00 e.